The Hall–Kier alpha value is -3.09. The van der Waals surface area contributed by atoms with Crippen LogP contribution in [0.5, 0.6) is 0 Å². The number of benzene rings is 1. The Balaban J connectivity index is 1.55. The number of piperidine rings is 1. The van der Waals surface area contributed by atoms with Gasteiger partial charge in [-0.05, 0) is 31.0 Å². The number of aryl methyl sites for hydroxylation is 1. The third-order valence-corrected chi connectivity index (χ3v) is 4.93. The van der Waals surface area contributed by atoms with Gasteiger partial charge in [0.05, 0.1) is 30.1 Å². The minimum absolute atomic E-state index is 0.108. The molecule has 0 radical (unpaired) electrons. The van der Waals surface area contributed by atoms with Crippen LogP contribution >= 0.6 is 0 Å². The molecule has 0 aliphatic carbocycles. The van der Waals surface area contributed by atoms with Crippen LogP contribution in [0.15, 0.2) is 49.2 Å². The Morgan fingerprint density at radius 1 is 1.22 bits per heavy atom. The molecule has 7 heteroatoms. The highest BCUT2D eigenvalue weighted by atomic mass is 19.1. The van der Waals surface area contributed by atoms with Crippen molar-refractivity contribution in [1.82, 2.24) is 24.4 Å². The third-order valence-electron chi connectivity index (χ3n) is 4.93. The topological polar surface area (TPSA) is 63.9 Å². The number of aromatic nitrogens is 4. The number of nitrogens with zero attached hydrogens (tertiary/aromatic N) is 5. The molecule has 3 heterocycles. The number of likely N-dealkylation sites (tertiary alicyclic amines) is 1. The molecule has 1 saturated heterocycles. The highest BCUT2D eigenvalue weighted by Gasteiger charge is 2.27. The predicted octanol–water partition coefficient (Wildman–Crippen LogP) is 3.04. The number of hydrogen-bond acceptors (Lipinski definition) is 4. The summed E-state index contributed by atoms with van der Waals surface area (Å²) in [5, 5.41) is 0. The van der Waals surface area contributed by atoms with Crippen LogP contribution in [0.4, 0.5) is 4.39 Å². The molecule has 3 aromatic rings. The second kappa shape index (κ2) is 7.26. The van der Waals surface area contributed by atoms with Crippen molar-refractivity contribution in [1.29, 1.82) is 0 Å². The van der Waals surface area contributed by atoms with Gasteiger partial charge in [0, 0.05) is 37.8 Å². The van der Waals surface area contributed by atoms with Crippen LogP contribution in [0.25, 0.3) is 11.4 Å². The summed E-state index contributed by atoms with van der Waals surface area (Å²) in [4.78, 5) is 27.7. The van der Waals surface area contributed by atoms with E-state index >= 15 is 0 Å². The number of amides is 1. The summed E-state index contributed by atoms with van der Waals surface area (Å²) in [5.74, 6) is -0.434. The maximum absolute atomic E-state index is 13.5. The van der Waals surface area contributed by atoms with Crippen LogP contribution in [0.3, 0.4) is 0 Å². The van der Waals surface area contributed by atoms with E-state index < -0.39 is 5.82 Å². The van der Waals surface area contributed by atoms with Crippen LogP contribution in [-0.2, 0) is 7.05 Å². The first-order chi connectivity index (χ1) is 13.1. The monoisotopic (exact) mass is 365 g/mol. The molecule has 27 heavy (non-hydrogen) atoms. The van der Waals surface area contributed by atoms with Gasteiger partial charge in [-0.15, -0.1) is 0 Å². The largest absolute Gasteiger partial charge is 0.338 e. The van der Waals surface area contributed by atoms with E-state index in [4.69, 9.17) is 4.98 Å². The minimum atomic E-state index is -0.399. The Morgan fingerprint density at radius 3 is 2.89 bits per heavy atom. The molecule has 4 rings (SSSR count). The van der Waals surface area contributed by atoms with Crippen LogP contribution in [0.1, 0.15) is 34.8 Å². The molecule has 0 saturated carbocycles. The fraction of sp³-hybridized carbons (Fsp3) is 0.300. The SMILES string of the molecule is Cn1cncc1-c1cncc([C@H]2CCCN(C(=O)c3cccc(F)c3)C2)n1. The van der Waals surface area contributed by atoms with Crippen LogP contribution in [-0.4, -0.2) is 43.4 Å². The van der Waals surface area contributed by atoms with Gasteiger partial charge in [0.15, 0.2) is 0 Å². The van der Waals surface area contributed by atoms with Crippen LogP contribution in [0.2, 0.25) is 0 Å². The molecule has 6 nitrogen and oxygen atoms in total. The summed E-state index contributed by atoms with van der Waals surface area (Å²) in [5.41, 5.74) is 2.91. The molecular formula is C20H20FN5O. The molecule has 0 N–H and O–H groups in total. The zero-order valence-corrected chi connectivity index (χ0v) is 15.0. The first kappa shape index (κ1) is 17.3. The zero-order valence-electron chi connectivity index (χ0n) is 15.0. The van der Waals surface area contributed by atoms with Gasteiger partial charge in [-0.2, -0.15) is 0 Å². The van der Waals surface area contributed by atoms with Crippen molar-refractivity contribution < 1.29 is 9.18 Å². The fourth-order valence-electron chi connectivity index (χ4n) is 3.51. The van der Waals surface area contributed by atoms with Gasteiger partial charge < -0.3 is 9.47 Å². The van der Waals surface area contributed by atoms with Gasteiger partial charge in [-0.3, -0.25) is 9.78 Å². The first-order valence-electron chi connectivity index (χ1n) is 8.95. The van der Waals surface area contributed by atoms with Crippen molar-refractivity contribution in [2.24, 2.45) is 7.05 Å². The first-order valence-corrected chi connectivity index (χ1v) is 8.95. The van der Waals surface area contributed by atoms with Crippen molar-refractivity contribution in [3.05, 3.63) is 66.3 Å². The van der Waals surface area contributed by atoms with E-state index in [0.717, 1.165) is 29.9 Å². The summed E-state index contributed by atoms with van der Waals surface area (Å²) in [6.07, 6.45) is 8.79. The zero-order chi connectivity index (χ0) is 18.8. The van der Waals surface area contributed by atoms with E-state index in [1.807, 2.05) is 11.6 Å². The molecule has 1 amide bonds. The smallest absolute Gasteiger partial charge is 0.253 e. The van der Waals surface area contributed by atoms with E-state index in [2.05, 4.69) is 9.97 Å². The quantitative estimate of drug-likeness (QED) is 0.716. The number of halogens is 1. The molecule has 0 unspecified atom stereocenters. The van der Waals surface area contributed by atoms with Crippen molar-refractivity contribution in [2.45, 2.75) is 18.8 Å². The molecule has 1 atom stereocenters. The van der Waals surface area contributed by atoms with Gasteiger partial charge in [0.2, 0.25) is 0 Å². The Morgan fingerprint density at radius 2 is 2.11 bits per heavy atom. The van der Waals surface area contributed by atoms with Gasteiger partial charge in [0.25, 0.3) is 5.91 Å². The van der Waals surface area contributed by atoms with Gasteiger partial charge in [0.1, 0.15) is 11.5 Å². The minimum Gasteiger partial charge on any atom is -0.338 e. The number of carbonyl (C=O) groups is 1. The molecule has 138 valence electrons. The maximum atomic E-state index is 13.5. The van der Waals surface area contributed by atoms with Gasteiger partial charge >= 0.3 is 0 Å². The Bertz CT molecular complexity index is 970. The molecule has 0 bridgehead atoms. The number of imidazole rings is 1. The lowest BCUT2D eigenvalue weighted by atomic mass is 9.94. The number of carbonyl (C=O) groups excluding carboxylic acids is 1. The van der Waals surface area contributed by atoms with Crippen molar-refractivity contribution in [2.75, 3.05) is 13.1 Å². The molecule has 0 spiro atoms. The highest BCUT2D eigenvalue weighted by Crippen LogP contribution is 2.27. The van der Waals surface area contributed by atoms with Crippen LogP contribution < -0.4 is 0 Å². The lowest BCUT2D eigenvalue weighted by Gasteiger charge is -2.32. The standard InChI is InChI=1S/C20H20FN5O/c1-25-13-23-11-19(25)18-10-22-9-17(24-18)15-5-3-7-26(12-15)20(27)14-4-2-6-16(21)8-14/h2,4,6,8-11,13,15H,3,5,7,12H2,1H3/t15-/m0/s1. The average Bonchev–Trinajstić information content (AvgIpc) is 3.13. The van der Waals surface area contributed by atoms with E-state index in [1.165, 1.54) is 12.1 Å². The average molecular weight is 365 g/mol. The van der Waals surface area contributed by atoms with E-state index in [9.17, 15) is 9.18 Å². The van der Waals surface area contributed by atoms with E-state index in [-0.39, 0.29) is 11.8 Å². The van der Waals surface area contributed by atoms with Crippen LogP contribution in [0, 0.1) is 5.82 Å². The second-order valence-electron chi connectivity index (χ2n) is 6.82. The number of hydrogen-bond donors (Lipinski definition) is 0. The third kappa shape index (κ3) is 3.58. The molecular weight excluding hydrogens is 345 g/mol. The van der Waals surface area contributed by atoms with Crippen molar-refractivity contribution >= 4 is 5.91 Å². The highest BCUT2D eigenvalue weighted by molar-refractivity contribution is 5.94. The summed E-state index contributed by atoms with van der Waals surface area (Å²) in [6, 6.07) is 5.84. The lowest BCUT2D eigenvalue weighted by Crippen LogP contribution is -2.39. The number of rotatable bonds is 3. The summed E-state index contributed by atoms with van der Waals surface area (Å²) in [6.45, 7) is 1.22. The Kier molecular flexibility index (Phi) is 4.66. The molecule has 1 aliphatic heterocycles. The molecule has 1 fully saturated rings. The summed E-state index contributed by atoms with van der Waals surface area (Å²) >= 11 is 0. The van der Waals surface area contributed by atoms with Gasteiger partial charge in [-0.25, -0.2) is 14.4 Å². The van der Waals surface area contributed by atoms with E-state index in [0.29, 0.717) is 18.7 Å². The normalized spacial score (nSPS) is 17.1. The summed E-state index contributed by atoms with van der Waals surface area (Å²) < 4.78 is 15.3. The van der Waals surface area contributed by atoms with Gasteiger partial charge in [-0.1, -0.05) is 6.07 Å². The van der Waals surface area contributed by atoms with Crippen molar-refractivity contribution in [3.8, 4) is 11.4 Å². The molecule has 1 aromatic carbocycles. The maximum Gasteiger partial charge on any atom is 0.253 e. The predicted molar refractivity (Wildman–Crippen MR) is 98.5 cm³/mol. The molecule has 1 aliphatic rings. The fourth-order valence-corrected chi connectivity index (χ4v) is 3.51. The lowest BCUT2D eigenvalue weighted by molar-refractivity contribution is 0.0705. The van der Waals surface area contributed by atoms with E-state index in [1.54, 1.807) is 42.0 Å². The van der Waals surface area contributed by atoms with Crippen molar-refractivity contribution in [3.63, 3.8) is 0 Å². The second-order valence-corrected chi connectivity index (χ2v) is 6.82. The summed E-state index contributed by atoms with van der Waals surface area (Å²) in [7, 11) is 1.91. The molecule has 2 aromatic heterocycles. The Labute approximate surface area is 156 Å².